The Bertz CT molecular complexity index is 436. The van der Waals surface area contributed by atoms with Crippen LogP contribution in [0.2, 0.25) is 0 Å². The summed E-state index contributed by atoms with van der Waals surface area (Å²) < 4.78 is 10.5. The number of Topliss-reactive ketones (excluding diaryl/α,β-unsaturated/α-hetero) is 1. The van der Waals surface area contributed by atoms with E-state index in [4.69, 9.17) is 9.47 Å². The van der Waals surface area contributed by atoms with E-state index in [-0.39, 0.29) is 31.0 Å². The molecule has 0 aromatic heterocycles. The number of fused-ring (bicyclic) bond motifs is 1. The summed E-state index contributed by atoms with van der Waals surface area (Å²) in [5.74, 6) is 1.47. The second-order valence-electron chi connectivity index (χ2n) is 4.18. The van der Waals surface area contributed by atoms with E-state index >= 15 is 0 Å². The number of benzene rings is 1. The molecule has 1 aromatic rings. The van der Waals surface area contributed by atoms with E-state index in [1.165, 1.54) is 0 Å². The number of rotatable bonds is 4. The van der Waals surface area contributed by atoms with Crippen LogP contribution in [0.3, 0.4) is 0 Å². The van der Waals surface area contributed by atoms with Crippen molar-refractivity contribution in [3.63, 3.8) is 0 Å². The average molecular weight is 272 g/mol. The third kappa shape index (κ3) is 2.76. The Balaban J connectivity index is 0.00000162. The summed E-state index contributed by atoms with van der Waals surface area (Å²) in [5.41, 5.74) is 0.669. The van der Waals surface area contributed by atoms with E-state index in [1.807, 2.05) is 25.8 Å². The highest BCUT2D eigenvalue weighted by Crippen LogP contribution is 2.32. The van der Waals surface area contributed by atoms with Gasteiger partial charge in [0.05, 0.1) is 6.04 Å². The van der Waals surface area contributed by atoms with E-state index < -0.39 is 0 Å². The lowest BCUT2D eigenvalue weighted by Gasteiger charge is -2.21. The normalized spacial score (nSPS) is 14.2. The molecule has 0 spiro atoms. The first-order chi connectivity index (χ1) is 8.13. The maximum absolute atomic E-state index is 12.2. The zero-order valence-corrected chi connectivity index (χ0v) is 11.6. The lowest BCUT2D eigenvalue weighted by atomic mass is 10.0. The molecule has 1 aromatic carbocycles. The van der Waals surface area contributed by atoms with Gasteiger partial charge in [0.25, 0.3) is 0 Å². The molecular formula is C13H18ClNO3. The molecule has 1 unspecified atom stereocenters. The Kier molecular flexibility index (Phi) is 4.99. The highest BCUT2D eigenvalue weighted by atomic mass is 35.5. The van der Waals surface area contributed by atoms with Crippen molar-refractivity contribution in [2.75, 3.05) is 20.4 Å². The quantitative estimate of drug-likeness (QED) is 0.788. The zero-order chi connectivity index (χ0) is 12.4. The summed E-state index contributed by atoms with van der Waals surface area (Å²) in [7, 11) is 1.94. The van der Waals surface area contributed by atoms with Crippen LogP contribution < -0.4 is 9.47 Å². The molecule has 1 atom stereocenters. The van der Waals surface area contributed by atoms with Crippen molar-refractivity contribution in [3.05, 3.63) is 23.8 Å². The van der Waals surface area contributed by atoms with Crippen molar-refractivity contribution in [1.29, 1.82) is 0 Å². The largest absolute Gasteiger partial charge is 0.454 e. The minimum Gasteiger partial charge on any atom is -0.454 e. The molecule has 0 aliphatic carbocycles. The van der Waals surface area contributed by atoms with E-state index in [2.05, 4.69) is 0 Å². The van der Waals surface area contributed by atoms with Crippen molar-refractivity contribution in [3.8, 4) is 11.5 Å². The van der Waals surface area contributed by atoms with Gasteiger partial charge in [-0.3, -0.25) is 9.69 Å². The second-order valence-corrected chi connectivity index (χ2v) is 4.18. The number of halogens is 1. The molecule has 0 bridgehead atoms. The predicted octanol–water partition coefficient (Wildman–Crippen LogP) is 2.36. The minimum atomic E-state index is -0.125. The summed E-state index contributed by atoms with van der Waals surface area (Å²) in [6, 6.07) is 5.20. The van der Waals surface area contributed by atoms with Crippen molar-refractivity contribution < 1.29 is 14.3 Å². The topological polar surface area (TPSA) is 38.8 Å². The van der Waals surface area contributed by atoms with Gasteiger partial charge in [0.2, 0.25) is 6.79 Å². The standard InChI is InChI=1S/C13H17NO3.ClH/c1-4-14(3)9(2)13(15)10-5-6-11-12(7-10)17-8-16-11;/h5-7,9H,4,8H2,1-3H3;1H. The zero-order valence-electron chi connectivity index (χ0n) is 10.8. The summed E-state index contributed by atoms with van der Waals surface area (Å²) in [4.78, 5) is 14.2. The number of hydrogen-bond donors (Lipinski definition) is 0. The van der Waals surface area contributed by atoms with Gasteiger partial charge in [0.1, 0.15) is 0 Å². The summed E-state index contributed by atoms with van der Waals surface area (Å²) in [6.45, 7) is 5.02. The molecule has 100 valence electrons. The van der Waals surface area contributed by atoms with Crippen molar-refractivity contribution in [2.45, 2.75) is 19.9 Å². The van der Waals surface area contributed by atoms with Crippen LogP contribution in [0.25, 0.3) is 0 Å². The van der Waals surface area contributed by atoms with Crippen molar-refractivity contribution in [1.82, 2.24) is 4.90 Å². The number of hydrogen-bond acceptors (Lipinski definition) is 4. The van der Waals surface area contributed by atoms with E-state index in [9.17, 15) is 4.79 Å². The Labute approximate surface area is 113 Å². The Morgan fingerprint density at radius 1 is 1.39 bits per heavy atom. The smallest absolute Gasteiger partial charge is 0.231 e. The van der Waals surface area contributed by atoms with Gasteiger partial charge in [-0.1, -0.05) is 6.92 Å². The molecule has 1 aliphatic heterocycles. The molecule has 0 N–H and O–H groups in total. The van der Waals surface area contributed by atoms with Gasteiger partial charge < -0.3 is 9.47 Å². The Hall–Kier alpha value is -1.26. The van der Waals surface area contributed by atoms with Crippen molar-refractivity contribution >= 4 is 18.2 Å². The molecule has 0 saturated heterocycles. The van der Waals surface area contributed by atoms with Gasteiger partial charge in [-0.15, -0.1) is 12.4 Å². The third-order valence-electron chi connectivity index (χ3n) is 3.20. The number of carbonyl (C=O) groups is 1. The molecule has 2 rings (SSSR count). The van der Waals surface area contributed by atoms with Crippen molar-refractivity contribution in [2.24, 2.45) is 0 Å². The molecule has 0 fully saturated rings. The van der Waals surface area contributed by atoms with E-state index in [1.54, 1.807) is 18.2 Å². The van der Waals surface area contributed by atoms with Gasteiger partial charge in [0, 0.05) is 5.56 Å². The number of carbonyl (C=O) groups excluding carboxylic acids is 1. The fourth-order valence-electron chi connectivity index (χ4n) is 1.77. The molecule has 1 heterocycles. The molecule has 5 heteroatoms. The number of nitrogens with zero attached hydrogens (tertiary/aromatic N) is 1. The molecule has 0 radical (unpaired) electrons. The lowest BCUT2D eigenvalue weighted by molar-refractivity contribution is 0.0873. The molecule has 0 saturated carbocycles. The van der Waals surface area contributed by atoms with Gasteiger partial charge in [-0.25, -0.2) is 0 Å². The maximum Gasteiger partial charge on any atom is 0.231 e. The summed E-state index contributed by atoms with van der Waals surface area (Å²) >= 11 is 0. The summed E-state index contributed by atoms with van der Waals surface area (Å²) in [6.07, 6.45) is 0. The van der Waals surface area contributed by atoms with E-state index in [0.29, 0.717) is 17.1 Å². The summed E-state index contributed by atoms with van der Waals surface area (Å²) in [5, 5.41) is 0. The molecule has 0 amide bonds. The van der Waals surface area contributed by atoms with Crippen LogP contribution in [0.1, 0.15) is 24.2 Å². The predicted molar refractivity (Wildman–Crippen MR) is 71.9 cm³/mol. The fraction of sp³-hybridized carbons (Fsp3) is 0.462. The molecule has 1 aliphatic rings. The molecular weight excluding hydrogens is 254 g/mol. The number of ether oxygens (including phenoxy) is 2. The van der Waals surface area contributed by atoms with Crippen LogP contribution in [-0.2, 0) is 0 Å². The fourth-order valence-corrected chi connectivity index (χ4v) is 1.77. The Morgan fingerprint density at radius 3 is 2.72 bits per heavy atom. The first-order valence-electron chi connectivity index (χ1n) is 5.77. The Morgan fingerprint density at radius 2 is 2.06 bits per heavy atom. The SMILES string of the molecule is CCN(C)C(C)C(=O)c1ccc2c(c1)OCO2.Cl. The molecule has 18 heavy (non-hydrogen) atoms. The van der Waals surface area contributed by atoms with Gasteiger partial charge in [0.15, 0.2) is 17.3 Å². The van der Waals surface area contributed by atoms with Crippen LogP contribution in [0.4, 0.5) is 0 Å². The van der Waals surface area contributed by atoms with Crippen LogP contribution in [-0.4, -0.2) is 37.1 Å². The highest BCUT2D eigenvalue weighted by Gasteiger charge is 2.21. The van der Waals surface area contributed by atoms with Crippen LogP contribution in [0.15, 0.2) is 18.2 Å². The average Bonchev–Trinajstić information content (AvgIpc) is 2.83. The van der Waals surface area contributed by atoms with E-state index in [0.717, 1.165) is 6.54 Å². The van der Waals surface area contributed by atoms with Gasteiger partial charge in [-0.05, 0) is 38.7 Å². The molecule has 4 nitrogen and oxygen atoms in total. The van der Waals surface area contributed by atoms with Gasteiger partial charge >= 0.3 is 0 Å². The number of ketones is 1. The monoisotopic (exact) mass is 271 g/mol. The minimum absolute atomic E-state index is 0. The second kappa shape index (κ2) is 6.07. The van der Waals surface area contributed by atoms with Crippen LogP contribution >= 0.6 is 12.4 Å². The third-order valence-corrected chi connectivity index (χ3v) is 3.20. The maximum atomic E-state index is 12.2. The first kappa shape index (κ1) is 14.8. The van der Waals surface area contributed by atoms with Crippen LogP contribution in [0, 0.1) is 0 Å². The lowest BCUT2D eigenvalue weighted by Crippen LogP contribution is -2.35. The van der Waals surface area contributed by atoms with Gasteiger partial charge in [-0.2, -0.15) is 0 Å². The number of likely N-dealkylation sites (N-methyl/N-ethyl adjacent to an activating group) is 1. The highest BCUT2D eigenvalue weighted by molar-refractivity contribution is 6.00. The first-order valence-corrected chi connectivity index (χ1v) is 5.77. The van der Waals surface area contributed by atoms with Crippen LogP contribution in [0.5, 0.6) is 11.5 Å².